The lowest BCUT2D eigenvalue weighted by molar-refractivity contribution is -0.130. The lowest BCUT2D eigenvalue weighted by Gasteiger charge is -2.33. The van der Waals surface area contributed by atoms with E-state index in [0.717, 1.165) is 13.1 Å². The molecule has 1 amide bonds. The van der Waals surface area contributed by atoms with Gasteiger partial charge in [-0.2, -0.15) is 0 Å². The molecule has 5 nitrogen and oxygen atoms in total. The molecule has 0 bridgehead atoms. The van der Waals surface area contributed by atoms with E-state index in [9.17, 15) is 9.59 Å². The van der Waals surface area contributed by atoms with Crippen LogP contribution >= 0.6 is 23.2 Å². The molecule has 1 aromatic carbocycles. The van der Waals surface area contributed by atoms with Crippen LogP contribution in [0.5, 0.6) is 0 Å². The maximum atomic E-state index is 12.6. The summed E-state index contributed by atoms with van der Waals surface area (Å²) < 4.78 is 5.53. The van der Waals surface area contributed by atoms with Crippen molar-refractivity contribution in [1.82, 2.24) is 9.80 Å². The summed E-state index contributed by atoms with van der Waals surface area (Å²) in [6.45, 7) is 4.85. The highest BCUT2D eigenvalue weighted by atomic mass is 35.5. The lowest BCUT2D eigenvalue weighted by Crippen LogP contribution is -2.47. The average molecular weight is 355 g/mol. The zero-order valence-corrected chi connectivity index (χ0v) is 14.2. The number of piperazine rings is 1. The Morgan fingerprint density at radius 1 is 1.22 bits per heavy atom. The Balaban J connectivity index is 1.83. The molecule has 0 spiro atoms. The Hall–Kier alpha value is -1.56. The molecule has 0 aliphatic carbocycles. The monoisotopic (exact) mass is 354 g/mol. The minimum atomic E-state index is -0.121. The summed E-state index contributed by atoms with van der Waals surface area (Å²) in [5.41, 5.74) is 0.794. The zero-order valence-electron chi connectivity index (χ0n) is 12.6. The van der Waals surface area contributed by atoms with Gasteiger partial charge in [0.25, 0.3) is 0 Å². The summed E-state index contributed by atoms with van der Waals surface area (Å²) in [6, 6.07) is 3.13. The fraction of sp³-hybridized carbons (Fsp3) is 0.375. The molecule has 0 unspecified atom stereocenters. The van der Waals surface area contributed by atoms with Gasteiger partial charge in [0.15, 0.2) is 11.0 Å². The van der Waals surface area contributed by atoms with E-state index >= 15 is 0 Å². The van der Waals surface area contributed by atoms with Gasteiger partial charge in [0.1, 0.15) is 0 Å². The van der Waals surface area contributed by atoms with Crippen molar-refractivity contribution >= 4 is 40.1 Å². The van der Waals surface area contributed by atoms with Crippen LogP contribution in [-0.4, -0.2) is 41.9 Å². The number of nitrogens with zero attached hydrogens (tertiary/aromatic N) is 2. The first kappa shape index (κ1) is 16.3. The Morgan fingerprint density at radius 2 is 1.91 bits per heavy atom. The molecule has 2 aromatic rings. The second-order valence-electron chi connectivity index (χ2n) is 5.64. The molecular formula is C16H16Cl2N2O3. The molecule has 0 radical (unpaired) electrons. The molecule has 1 aliphatic rings. The largest absolute Gasteiger partial charge is 0.462 e. The van der Waals surface area contributed by atoms with Gasteiger partial charge in [0, 0.05) is 50.2 Å². The van der Waals surface area contributed by atoms with Crippen LogP contribution in [0.4, 0.5) is 0 Å². The second-order valence-corrected chi connectivity index (χ2v) is 6.48. The molecule has 0 atom stereocenters. The highest BCUT2D eigenvalue weighted by molar-refractivity contribution is 6.38. The number of hydrogen-bond donors (Lipinski definition) is 0. The highest BCUT2D eigenvalue weighted by Gasteiger charge is 2.20. The van der Waals surface area contributed by atoms with E-state index in [1.54, 1.807) is 24.0 Å². The molecule has 0 saturated carbocycles. The number of hydrogen-bond acceptors (Lipinski definition) is 4. The molecule has 1 aromatic heterocycles. The third kappa shape index (κ3) is 3.37. The molecule has 1 fully saturated rings. The van der Waals surface area contributed by atoms with Gasteiger partial charge in [-0.15, -0.1) is 0 Å². The van der Waals surface area contributed by atoms with E-state index < -0.39 is 0 Å². The van der Waals surface area contributed by atoms with Crippen LogP contribution < -0.4 is 5.43 Å². The van der Waals surface area contributed by atoms with E-state index in [4.69, 9.17) is 27.6 Å². The molecule has 23 heavy (non-hydrogen) atoms. The summed E-state index contributed by atoms with van der Waals surface area (Å²) in [5.74, 6) is 0.0825. The summed E-state index contributed by atoms with van der Waals surface area (Å²) in [6.07, 6.45) is 1.46. The predicted molar refractivity (Wildman–Crippen MR) is 90.0 cm³/mol. The molecule has 122 valence electrons. The second kappa shape index (κ2) is 6.51. The summed E-state index contributed by atoms with van der Waals surface area (Å²) in [4.78, 5) is 27.9. The molecule has 1 saturated heterocycles. The zero-order chi connectivity index (χ0) is 16.6. The number of fused-ring (bicyclic) bond motifs is 1. The van der Waals surface area contributed by atoms with Crippen molar-refractivity contribution in [1.29, 1.82) is 0 Å². The lowest BCUT2D eigenvalue weighted by atomic mass is 10.1. The van der Waals surface area contributed by atoms with E-state index in [-0.39, 0.29) is 11.3 Å². The number of halogens is 2. The summed E-state index contributed by atoms with van der Waals surface area (Å²) in [5, 5.41) is 1.12. The number of carbonyl (C=O) groups excluding carboxylic acids is 1. The normalized spacial score (nSPS) is 16.0. The van der Waals surface area contributed by atoms with Crippen molar-refractivity contribution in [2.75, 3.05) is 26.2 Å². The van der Waals surface area contributed by atoms with Gasteiger partial charge in [0.2, 0.25) is 5.91 Å². The van der Waals surface area contributed by atoms with Gasteiger partial charge >= 0.3 is 0 Å². The molecule has 2 heterocycles. The molecule has 3 rings (SSSR count). The minimum absolute atomic E-state index is 0.0825. The standard InChI is InChI=1S/C16H16Cl2N2O3/c1-10(21)20-4-2-19(3-5-20)8-11-9-23-16-13(15(11)22)6-12(17)7-14(16)18/h6-7,9H,2-5,8H2,1H3. The van der Waals surface area contributed by atoms with Crippen molar-refractivity contribution in [3.05, 3.63) is 44.2 Å². The van der Waals surface area contributed by atoms with Gasteiger partial charge in [-0.1, -0.05) is 23.2 Å². The van der Waals surface area contributed by atoms with Crippen LogP contribution in [0.25, 0.3) is 11.0 Å². The van der Waals surface area contributed by atoms with Crippen molar-refractivity contribution < 1.29 is 9.21 Å². The maximum Gasteiger partial charge on any atom is 0.219 e. The van der Waals surface area contributed by atoms with Crippen LogP contribution in [0.2, 0.25) is 10.0 Å². The van der Waals surface area contributed by atoms with Crippen LogP contribution in [0.15, 0.2) is 27.6 Å². The first-order chi connectivity index (χ1) is 11.0. The first-order valence-electron chi connectivity index (χ1n) is 7.33. The maximum absolute atomic E-state index is 12.6. The fourth-order valence-electron chi connectivity index (χ4n) is 2.78. The number of rotatable bonds is 2. The van der Waals surface area contributed by atoms with Crippen molar-refractivity contribution in [3.63, 3.8) is 0 Å². The number of amides is 1. The minimum Gasteiger partial charge on any atom is -0.462 e. The van der Waals surface area contributed by atoms with Crippen LogP contribution in [0.1, 0.15) is 12.5 Å². The van der Waals surface area contributed by atoms with Crippen LogP contribution in [-0.2, 0) is 11.3 Å². The smallest absolute Gasteiger partial charge is 0.219 e. The summed E-state index contributed by atoms with van der Waals surface area (Å²) >= 11 is 12.0. The topological polar surface area (TPSA) is 53.8 Å². The van der Waals surface area contributed by atoms with Crippen LogP contribution in [0.3, 0.4) is 0 Å². The van der Waals surface area contributed by atoms with Crippen LogP contribution in [0, 0.1) is 0 Å². The van der Waals surface area contributed by atoms with Gasteiger partial charge in [-0.05, 0) is 12.1 Å². The van der Waals surface area contributed by atoms with Crippen molar-refractivity contribution in [2.45, 2.75) is 13.5 Å². The Bertz CT molecular complexity index is 811. The van der Waals surface area contributed by atoms with Crippen molar-refractivity contribution in [3.8, 4) is 0 Å². The third-order valence-electron chi connectivity index (χ3n) is 4.08. The molecular weight excluding hydrogens is 339 g/mol. The van der Waals surface area contributed by atoms with Gasteiger partial charge in [-0.25, -0.2) is 0 Å². The first-order valence-corrected chi connectivity index (χ1v) is 8.08. The molecule has 1 aliphatic heterocycles. The van der Waals surface area contributed by atoms with E-state index in [2.05, 4.69) is 4.90 Å². The van der Waals surface area contributed by atoms with Crippen molar-refractivity contribution in [2.24, 2.45) is 0 Å². The highest BCUT2D eigenvalue weighted by Crippen LogP contribution is 2.26. The Morgan fingerprint density at radius 3 is 2.57 bits per heavy atom. The fourth-order valence-corrected chi connectivity index (χ4v) is 3.31. The van der Waals surface area contributed by atoms with E-state index in [1.807, 2.05) is 0 Å². The van der Waals surface area contributed by atoms with E-state index in [1.165, 1.54) is 6.26 Å². The molecule has 0 N–H and O–H groups in total. The molecule has 7 heteroatoms. The Labute approximate surface area is 143 Å². The van der Waals surface area contributed by atoms with Gasteiger partial charge in [-0.3, -0.25) is 14.5 Å². The van der Waals surface area contributed by atoms with E-state index in [0.29, 0.717) is 46.2 Å². The average Bonchev–Trinajstić information content (AvgIpc) is 2.51. The third-order valence-corrected chi connectivity index (χ3v) is 4.57. The predicted octanol–water partition coefficient (Wildman–Crippen LogP) is 2.76. The number of carbonyl (C=O) groups is 1. The van der Waals surface area contributed by atoms with Gasteiger partial charge in [0.05, 0.1) is 16.7 Å². The number of benzene rings is 1. The quantitative estimate of drug-likeness (QED) is 0.831. The van der Waals surface area contributed by atoms with Gasteiger partial charge < -0.3 is 9.32 Å². The SMILES string of the molecule is CC(=O)N1CCN(Cc2coc3c(Cl)cc(Cl)cc3c2=O)CC1. The summed E-state index contributed by atoms with van der Waals surface area (Å²) in [7, 11) is 0. The Kier molecular flexibility index (Phi) is 4.62.